The van der Waals surface area contributed by atoms with E-state index in [1.807, 2.05) is 43.5 Å². The molecule has 5 N–H and O–H groups in total. The molecular formula is C22H25N7O2. The van der Waals surface area contributed by atoms with Crippen molar-refractivity contribution in [3.05, 3.63) is 65.2 Å². The van der Waals surface area contributed by atoms with Crippen molar-refractivity contribution >= 4 is 28.9 Å². The molecule has 1 amide bonds. The Morgan fingerprint density at radius 2 is 2.16 bits per heavy atom. The van der Waals surface area contributed by atoms with Gasteiger partial charge in [0.2, 0.25) is 0 Å². The largest absolute Gasteiger partial charge is 0.392 e. The first-order chi connectivity index (χ1) is 14.9. The van der Waals surface area contributed by atoms with Crippen molar-refractivity contribution in [2.75, 3.05) is 18.4 Å². The van der Waals surface area contributed by atoms with E-state index in [9.17, 15) is 9.90 Å². The van der Waals surface area contributed by atoms with Crippen LogP contribution in [0.3, 0.4) is 0 Å². The minimum atomic E-state index is -0.634. The molecule has 9 heteroatoms. The highest BCUT2D eigenvalue weighted by Gasteiger charge is 2.20. The Labute approximate surface area is 179 Å². The molecule has 4 rings (SSSR count). The van der Waals surface area contributed by atoms with Gasteiger partial charge in [0.05, 0.1) is 18.0 Å². The first-order valence-electron chi connectivity index (χ1n) is 10.1. The lowest BCUT2D eigenvalue weighted by atomic mass is 10.1. The number of carbonyl (C=O) groups excluding carboxylic acids is 1. The summed E-state index contributed by atoms with van der Waals surface area (Å²) in [5.41, 5.74) is 10.6. The maximum atomic E-state index is 12.6. The molecule has 0 saturated carbocycles. The molecular weight excluding hydrogens is 394 g/mol. The lowest BCUT2D eigenvalue weighted by Gasteiger charge is -2.16. The maximum absolute atomic E-state index is 12.6. The molecule has 0 bridgehead atoms. The summed E-state index contributed by atoms with van der Waals surface area (Å²) in [5, 5.41) is 15.6. The number of amides is 1. The van der Waals surface area contributed by atoms with Crippen molar-refractivity contribution in [1.29, 1.82) is 0 Å². The molecule has 31 heavy (non-hydrogen) atoms. The van der Waals surface area contributed by atoms with E-state index in [4.69, 9.17) is 5.73 Å². The average Bonchev–Trinajstić information content (AvgIpc) is 3.36. The smallest absolute Gasteiger partial charge is 0.270 e. The summed E-state index contributed by atoms with van der Waals surface area (Å²) in [5.74, 6) is 0.883. The third-order valence-corrected chi connectivity index (χ3v) is 4.98. The van der Waals surface area contributed by atoms with Crippen molar-refractivity contribution in [2.45, 2.75) is 26.4 Å². The minimum absolute atomic E-state index is 0.161. The summed E-state index contributed by atoms with van der Waals surface area (Å²) in [6.45, 7) is 4.34. The van der Waals surface area contributed by atoms with E-state index >= 15 is 0 Å². The Kier molecular flexibility index (Phi) is 5.68. The number of aliphatic imine (C=N–C) groups is 1. The fourth-order valence-corrected chi connectivity index (χ4v) is 3.45. The molecule has 0 fully saturated rings. The monoisotopic (exact) mass is 419 g/mol. The summed E-state index contributed by atoms with van der Waals surface area (Å²) in [7, 11) is 0. The van der Waals surface area contributed by atoms with Gasteiger partial charge in [-0.05, 0) is 44.5 Å². The van der Waals surface area contributed by atoms with Crippen LogP contribution in [0.1, 0.15) is 35.1 Å². The average molecular weight is 419 g/mol. The van der Waals surface area contributed by atoms with Crippen LogP contribution >= 0.6 is 0 Å². The first-order valence-corrected chi connectivity index (χ1v) is 10.1. The fraction of sp³-hybridized carbons (Fsp3) is 0.273. The van der Waals surface area contributed by atoms with Gasteiger partial charge < -0.3 is 21.5 Å². The lowest BCUT2D eigenvalue weighted by Crippen LogP contribution is -2.31. The second kappa shape index (κ2) is 8.57. The zero-order valence-corrected chi connectivity index (χ0v) is 17.5. The van der Waals surface area contributed by atoms with E-state index in [-0.39, 0.29) is 12.5 Å². The molecule has 1 unspecified atom stereocenters. The molecule has 1 atom stereocenters. The number of aryl methyl sites for hydroxylation is 1. The highest BCUT2D eigenvalue weighted by Crippen LogP contribution is 2.26. The number of carbonyl (C=O) groups is 1. The molecule has 9 nitrogen and oxygen atoms in total. The number of rotatable bonds is 6. The van der Waals surface area contributed by atoms with Gasteiger partial charge in [0.1, 0.15) is 23.0 Å². The zero-order valence-electron chi connectivity index (χ0n) is 17.5. The van der Waals surface area contributed by atoms with E-state index < -0.39 is 6.10 Å². The number of imidazole rings is 1. The SMILES string of the molecule is Cc1cccc(N/C(=C2/CCN=C2N)c2ccc3ncc(C(=O)NCC(C)O)n3c2)n1. The van der Waals surface area contributed by atoms with Gasteiger partial charge >= 0.3 is 0 Å². The van der Waals surface area contributed by atoms with Crippen LogP contribution in [0, 0.1) is 6.92 Å². The highest BCUT2D eigenvalue weighted by atomic mass is 16.3. The number of fused-ring (bicyclic) bond motifs is 1. The lowest BCUT2D eigenvalue weighted by molar-refractivity contribution is 0.0918. The number of hydrogen-bond acceptors (Lipinski definition) is 7. The number of nitrogens with one attached hydrogen (secondary N) is 2. The Morgan fingerprint density at radius 3 is 2.87 bits per heavy atom. The molecule has 4 heterocycles. The van der Waals surface area contributed by atoms with Gasteiger partial charge in [-0.15, -0.1) is 0 Å². The summed E-state index contributed by atoms with van der Waals surface area (Å²) in [4.78, 5) is 25.8. The topological polar surface area (TPSA) is 130 Å². The van der Waals surface area contributed by atoms with Gasteiger partial charge in [-0.2, -0.15) is 0 Å². The number of aromatic nitrogens is 3. The van der Waals surface area contributed by atoms with Gasteiger partial charge in [0.25, 0.3) is 5.91 Å². The molecule has 0 spiro atoms. The molecule has 0 saturated heterocycles. The molecule has 160 valence electrons. The van der Waals surface area contributed by atoms with Crippen LogP contribution in [0.5, 0.6) is 0 Å². The number of nitrogens with two attached hydrogens (primary N) is 1. The van der Waals surface area contributed by atoms with Crippen molar-refractivity contribution in [3.63, 3.8) is 0 Å². The van der Waals surface area contributed by atoms with Gasteiger partial charge in [-0.3, -0.25) is 14.2 Å². The van der Waals surface area contributed by atoms with Gasteiger partial charge in [0.15, 0.2) is 0 Å². The van der Waals surface area contributed by atoms with Gasteiger partial charge in [-0.1, -0.05) is 6.07 Å². The quantitative estimate of drug-likeness (QED) is 0.481. The molecule has 3 aromatic heterocycles. The van der Waals surface area contributed by atoms with E-state index in [0.29, 0.717) is 36.0 Å². The van der Waals surface area contributed by atoms with Gasteiger partial charge in [-0.25, -0.2) is 9.97 Å². The Morgan fingerprint density at radius 1 is 1.32 bits per heavy atom. The zero-order chi connectivity index (χ0) is 22.0. The van der Waals surface area contributed by atoms with E-state index in [1.54, 1.807) is 11.3 Å². The summed E-state index contributed by atoms with van der Waals surface area (Å²) in [6.07, 6.45) is 3.44. The number of amidine groups is 1. The first kappa shape index (κ1) is 20.5. The molecule has 0 aliphatic carbocycles. The van der Waals surface area contributed by atoms with Crippen LogP contribution in [-0.4, -0.2) is 50.4 Å². The van der Waals surface area contributed by atoms with E-state index in [0.717, 1.165) is 22.5 Å². The van der Waals surface area contributed by atoms with Crippen molar-refractivity contribution in [2.24, 2.45) is 10.7 Å². The maximum Gasteiger partial charge on any atom is 0.270 e. The van der Waals surface area contributed by atoms with Crippen LogP contribution in [-0.2, 0) is 0 Å². The number of aliphatic hydroxyl groups excluding tert-OH is 1. The van der Waals surface area contributed by atoms with Gasteiger partial charge in [0, 0.05) is 36.1 Å². The third kappa shape index (κ3) is 4.41. The summed E-state index contributed by atoms with van der Waals surface area (Å²) >= 11 is 0. The van der Waals surface area contributed by atoms with Crippen LogP contribution < -0.4 is 16.4 Å². The Balaban J connectivity index is 1.76. The number of pyridine rings is 2. The molecule has 0 aromatic carbocycles. The Bertz CT molecular complexity index is 1190. The Hall–Kier alpha value is -3.72. The van der Waals surface area contributed by atoms with E-state index in [1.165, 1.54) is 6.20 Å². The second-order valence-electron chi connectivity index (χ2n) is 7.51. The third-order valence-electron chi connectivity index (χ3n) is 4.98. The standard InChI is InChI=1S/C22H25N7O2/c1-13-4-3-5-18(27-13)28-20(16-8-9-24-21(16)23)15-6-7-19-25-11-17(29(19)12-15)22(31)26-10-14(2)30/h3-7,11-12,14,30H,8-10H2,1-2H3,(H2,23,24)(H,26,31)(H,27,28)/b20-16-. The molecule has 1 aliphatic rings. The predicted octanol–water partition coefficient (Wildman–Crippen LogP) is 1.73. The number of nitrogens with zero attached hydrogens (tertiary/aromatic N) is 4. The van der Waals surface area contributed by atoms with Crippen LogP contribution in [0.25, 0.3) is 11.3 Å². The second-order valence-corrected chi connectivity index (χ2v) is 7.51. The molecule has 0 radical (unpaired) electrons. The van der Waals surface area contributed by atoms with Crippen molar-refractivity contribution in [1.82, 2.24) is 19.7 Å². The minimum Gasteiger partial charge on any atom is -0.392 e. The number of anilines is 1. The molecule has 1 aliphatic heterocycles. The summed E-state index contributed by atoms with van der Waals surface area (Å²) in [6, 6.07) is 9.52. The van der Waals surface area contributed by atoms with Crippen molar-refractivity contribution in [3.8, 4) is 0 Å². The van der Waals surface area contributed by atoms with Crippen LogP contribution in [0.15, 0.2) is 53.3 Å². The molecule has 3 aromatic rings. The van der Waals surface area contributed by atoms with Crippen molar-refractivity contribution < 1.29 is 9.90 Å². The number of aliphatic hydroxyl groups is 1. The van der Waals surface area contributed by atoms with Crippen LogP contribution in [0.4, 0.5) is 5.82 Å². The predicted molar refractivity (Wildman–Crippen MR) is 120 cm³/mol. The summed E-state index contributed by atoms with van der Waals surface area (Å²) < 4.78 is 1.72. The van der Waals surface area contributed by atoms with E-state index in [2.05, 4.69) is 25.6 Å². The fourth-order valence-electron chi connectivity index (χ4n) is 3.45. The normalized spacial score (nSPS) is 16.2. The van der Waals surface area contributed by atoms with Crippen LogP contribution in [0.2, 0.25) is 0 Å². The highest BCUT2D eigenvalue weighted by molar-refractivity contribution is 6.06. The number of hydrogen-bond donors (Lipinski definition) is 4.